The highest BCUT2D eigenvalue weighted by molar-refractivity contribution is 5.88. The molecule has 0 aliphatic rings. The molecule has 2 aromatic rings. The van der Waals surface area contributed by atoms with Crippen LogP contribution in [0.4, 0.5) is 0 Å². The minimum absolute atomic E-state index is 0.122. The lowest BCUT2D eigenvalue weighted by Gasteiger charge is -2.06. The summed E-state index contributed by atoms with van der Waals surface area (Å²) in [6.07, 6.45) is 1.67. The number of hydrogen-bond acceptors (Lipinski definition) is 4. The lowest BCUT2D eigenvalue weighted by atomic mass is 10.2. The first-order valence-electron chi connectivity index (χ1n) is 7.32. The van der Waals surface area contributed by atoms with Gasteiger partial charge in [0, 0.05) is 29.8 Å². The molecule has 1 aromatic carbocycles. The van der Waals surface area contributed by atoms with Gasteiger partial charge in [0.1, 0.15) is 11.5 Å². The predicted octanol–water partition coefficient (Wildman–Crippen LogP) is 1.58. The zero-order chi connectivity index (χ0) is 16.1. The molecule has 0 spiro atoms. The van der Waals surface area contributed by atoms with Gasteiger partial charge in [-0.15, -0.1) is 0 Å². The summed E-state index contributed by atoms with van der Waals surface area (Å²) in [6.45, 7) is 2.28. The van der Waals surface area contributed by atoms with Gasteiger partial charge < -0.3 is 25.5 Å². The Kier molecular flexibility index (Phi) is 5.27. The fourth-order valence-electron chi connectivity index (χ4n) is 2.31. The van der Waals surface area contributed by atoms with E-state index in [2.05, 4.69) is 16.4 Å². The van der Waals surface area contributed by atoms with Crippen LogP contribution in [0, 0.1) is 0 Å². The van der Waals surface area contributed by atoms with Crippen molar-refractivity contribution in [3.8, 4) is 11.5 Å². The molecule has 22 heavy (non-hydrogen) atoms. The summed E-state index contributed by atoms with van der Waals surface area (Å²) in [4.78, 5) is 14.7. The highest BCUT2D eigenvalue weighted by Gasteiger charge is 2.09. The van der Waals surface area contributed by atoms with E-state index >= 15 is 0 Å². The van der Waals surface area contributed by atoms with Crippen molar-refractivity contribution in [3.05, 3.63) is 23.9 Å². The topological polar surface area (TPSA) is 89.4 Å². The molecule has 0 bridgehead atoms. The van der Waals surface area contributed by atoms with Crippen LogP contribution in [0.15, 0.2) is 18.2 Å². The van der Waals surface area contributed by atoms with Crippen molar-refractivity contribution in [2.45, 2.75) is 25.8 Å². The maximum atomic E-state index is 11.4. The van der Waals surface area contributed by atoms with Gasteiger partial charge in [0.2, 0.25) is 5.91 Å². The van der Waals surface area contributed by atoms with Crippen LogP contribution in [-0.2, 0) is 11.2 Å². The first kappa shape index (κ1) is 16.2. The van der Waals surface area contributed by atoms with Crippen molar-refractivity contribution < 1.29 is 14.3 Å². The Morgan fingerprint density at radius 3 is 2.73 bits per heavy atom. The molecule has 1 atom stereocenters. The molecule has 0 saturated heterocycles. The van der Waals surface area contributed by atoms with Crippen LogP contribution in [0.1, 0.15) is 19.0 Å². The van der Waals surface area contributed by atoms with Gasteiger partial charge >= 0.3 is 0 Å². The molecular formula is C16H23N3O3. The summed E-state index contributed by atoms with van der Waals surface area (Å²) in [5.74, 6) is 1.41. The molecule has 120 valence electrons. The second-order valence-electron chi connectivity index (χ2n) is 5.27. The number of aromatic amines is 1. The summed E-state index contributed by atoms with van der Waals surface area (Å²) in [5, 5.41) is 3.83. The SMILES string of the molecule is COc1cc(OC)c2cc(CCCNC(=O)[C@H](C)N)[nH]c2c1. The molecular weight excluding hydrogens is 282 g/mol. The van der Waals surface area contributed by atoms with Crippen LogP contribution in [0.2, 0.25) is 0 Å². The predicted molar refractivity (Wildman–Crippen MR) is 86.4 cm³/mol. The van der Waals surface area contributed by atoms with Gasteiger partial charge in [0.25, 0.3) is 0 Å². The van der Waals surface area contributed by atoms with Gasteiger partial charge in [-0.1, -0.05) is 0 Å². The van der Waals surface area contributed by atoms with E-state index < -0.39 is 6.04 Å². The largest absolute Gasteiger partial charge is 0.497 e. The number of rotatable bonds is 7. The number of H-pyrrole nitrogens is 1. The molecule has 6 nitrogen and oxygen atoms in total. The van der Waals surface area contributed by atoms with E-state index in [1.807, 2.05) is 12.1 Å². The first-order chi connectivity index (χ1) is 10.5. The maximum Gasteiger partial charge on any atom is 0.236 e. The number of hydrogen-bond donors (Lipinski definition) is 3. The second-order valence-corrected chi connectivity index (χ2v) is 5.27. The summed E-state index contributed by atoms with van der Waals surface area (Å²) in [5.41, 5.74) is 7.57. The van der Waals surface area contributed by atoms with Gasteiger partial charge in [-0.2, -0.15) is 0 Å². The van der Waals surface area contributed by atoms with Crippen molar-refractivity contribution >= 4 is 16.8 Å². The van der Waals surface area contributed by atoms with E-state index in [1.165, 1.54) is 0 Å². The van der Waals surface area contributed by atoms with E-state index in [1.54, 1.807) is 21.1 Å². The van der Waals surface area contributed by atoms with Gasteiger partial charge in [-0.25, -0.2) is 0 Å². The number of nitrogens with one attached hydrogen (secondary N) is 2. The molecule has 4 N–H and O–H groups in total. The molecule has 2 rings (SSSR count). The standard InChI is InChI=1S/C16H23N3O3/c1-10(17)16(20)18-6-4-5-11-7-13-14(19-11)8-12(21-2)9-15(13)22-3/h7-10,19H,4-6,17H2,1-3H3,(H,18,20)/t10-/m0/s1. The summed E-state index contributed by atoms with van der Waals surface area (Å²) in [7, 11) is 3.27. The Balaban J connectivity index is 2.02. The molecule has 0 fully saturated rings. The highest BCUT2D eigenvalue weighted by atomic mass is 16.5. The number of benzene rings is 1. The van der Waals surface area contributed by atoms with Crippen LogP contribution < -0.4 is 20.5 Å². The lowest BCUT2D eigenvalue weighted by molar-refractivity contribution is -0.121. The van der Waals surface area contributed by atoms with E-state index in [0.29, 0.717) is 6.54 Å². The number of carbonyl (C=O) groups excluding carboxylic acids is 1. The monoisotopic (exact) mass is 305 g/mol. The van der Waals surface area contributed by atoms with Crippen molar-refractivity contribution in [1.82, 2.24) is 10.3 Å². The average Bonchev–Trinajstić information content (AvgIpc) is 2.92. The third-order valence-electron chi connectivity index (χ3n) is 3.52. The second kappa shape index (κ2) is 7.17. The van der Waals surface area contributed by atoms with Gasteiger partial charge in [-0.05, 0) is 25.8 Å². The molecule has 1 amide bonds. The van der Waals surface area contributed by atoms with Crippen molar-refractivity contribution in [2.24, 2.45) is 5.73 Å². The summed E-state index contributed by atoms with van der Waals surface area (Å²) in [6, 6.07) is 5.41. The highest BCUT2D eigenvalue weighted by Crippen LogP contribution is 2.31. The van der Waals surface area contributed by atoms with Crippen LogP contribution in [0.3, 0.4) is 0 Å². The van der Waals surface area contributed by atoms with Gasteiger partial charge in [-0.3, -0.25) is 4.79 Å². The average molecular weight is 305 g/mol. The Morgan fingerprint density at radius 2 is 2.09 bits per heavy atom. The smallest absolute Gasteiger partial charge is 0.236 e. The Labute approximate surface area is 130 Å². The number of amides is 1. The van der Waals surface area contributed by atoms with Crippen molar-refractivity contribution in [3.63, 3.8) is 0 Å². The van der Waals surface area contributed by atoms with E-state index in [0.717, 1.165) is 40.9 Å². The number of methoxy groups -OCH3 is 2. The Bertz CT molecular complexity index is 649. The molecule has 0 aliphatic carbocycles. The Morgan fingerprint density at radius 1 is 1.32 bits per heavy atom. The van der Waals surface area contributed by atoms with Crippen LogP contribution >= 0.6 is 0 Å². The molecule has 0 saturated carbocycles. The fourth-order valence-corrected chi connectivity index (χ4v) is 2.31. The zero-order valence-electron chi connectivity index (χ0n) is 13.2. The molecule has 0 radical (unpaired) electrons. The first-order valence-corrected chi connectivity index (χ1v) is 7.32. The van der Waals surface area contributed by atoms with Gasteiger partial charge in [0.05, 0.1) is 25.8 Å². The number of nitrogens with two attached hydrogens (primary N) is 1. The minimum atomic E-state index is -0.468. The van der Waals surface area contributed by atoms with Crippen molar-refractivity contribution in [2.75, 3.05) is 20.8 Å². The summed E-state index contributed by atoms with van der Waals surface area (Å²) < 4.78 is 10.7. The van der Waals surface area contributed by atoms with Crippen LogP contribution in [0.5, 0.6) is 11.5 Å². The number of ether oxygens (including phenoxy) is 2. The van der Waals surface area contributed by atoms with E-state index in [4.69, 9.17) is 15.2 Å². The third kappa shape index (κ3) is 3.71. The molecule has 0 aliphatic heterocycles. The minimum Gasteiger partial charge on any atom is -0.497 e. The number of aromatic nitrogens is 1. The van der Waals surface area contributed by atoms with Crippen LogP contribution in [-0.4, -0.2) is 37.7 Å². The molecule has 0 unspecified atom stereocenters. The van der Waals surface area contributed by atoms with E-state index in [9.17, 15) is 4.79 Å². The quantitative estimate of drug-likeness (QED) is 0.678. The zero-order valence-corrected chi connectivity index (χ0v) is 13.2. The summed E-state index contributed by atoms with van der Waals surface area (Å²) >= 11 is 0. The van der Waals surface area contributed by atoms with Crippen LogP contribution in [0.25, 0.3) is 10.9 Å². The molecule has 1 aromatic heterocycles. The third-order valence-corrected chi connectivity index (χ3v) is 3.52. The number of fused-ring (bicyclic) bond motifs is 1. The van der Waals surface area contributed by atoms with E-state index in [-0.39, 0.29) is 5.91 Å². The maximum absolute atomic E-state index is 11.4. The lowest BCUT2D eigenvalue weighted by Crippen LogP contribution is -2.38. The van der Waals surface area contributed by atoms with Gasteiger partial charge in [0.15, 0.2) is 0 Å². The van der Waals surface area contributed by atoms with Crippen molar-refractivity contribution in [1.29, 1.82) is 0 Å². The number of carbonyl (C=O) groups is 1. The fraction of sp³-hybridized carbons (Fsp3) is 0.438. The Hall–Kier alpha value is -2.21. The normalized spacial score (nSPS) is 12.2. The number of aryl methyl sites for hydroxylation is 1. The molecule has 6 heteroatoms. The molecule has 1 heterocycles.